The van der Waals surface area contributed by atoms with E-state index in [1.54, 1.807) is 7.11 Å². The number of benzene rings is 2. The molecule has 0 radical (unpaired) electrons. The van der Waals surface area contributed by atoms with Crippen LogP contribution in [-0.4, -0.2) is 44.9 Å². The van der Waals surface area contributed by atoms with E-state index in [9.17, 15) is 9.90 Å². The van der Waals surface area contributed by atoms with E-state index in [4.69, 9.17) is 14.6 Å². The zero-order valence-electron chi connectivity index (χ0n) is 20.5. The molecule has 5 rings (SSSR count). The zero-order chi connectivity index (χ0) is 25.1. The van der Waals surface area contributed by atoms with Crippen molar-refractivity contribution < 1.29 is 38.2 Å². The molecule has 2 aromatic carbocycles. The standard InChI is InChI=1S/C26H22N6O4.Li/c1-35-17-9-7-16(8-10-17)15-32-21-6-4-3-5-18(21)23(31-32)25-28-14-22(36-2)24(30-25)29-20-11-12-27-13-19(20)26(33)34;/h3-14H,15H2,1-2H3,(H,33,34)(H,27,28,29,30);/q;+1/p-1. The fourth-order valence-corrected chi connectivity index (χ4v) is 3.83. The average Bonchev–Trinajstić information content (AvgIpc) is 3.27. The van der Waals surface area contributed by atoms with Crippen LogP contribution in [0.5, 0.6) is 11.5 Å². The van der Waals surface area contributed by atoms with Crippen LogP contribution in [0.4, 0.5) is 11.5 Å². The van der Waals surface area contributed by atoms with Crippen LogP contribution < -0.4 is 38.8 Å². The number of aromatic nitrogens is 5. The van der Waals surface area contributed by atoms with Crippen LogP contribution in [0.15, 0.2) is 73.2 Å². The first-order chi connectivity index (χ1) is 17.6. The summed E-state index contributed by atoms with van der Waals surface area (Å²) in [6.07, 6.45) is 4.19. The van der Waals surface area contributed by atoms with Crippen molar-refractivity contribution in [2.24, 2.45) is 0 Å². The van der Waals surface area contributed by atoms with Crippen molar-refractivity contribution in [3.63, 3.8) is 0 Å². The summed E-state index contributed by atoms with van der Waals surface area (Å²) in [6.45, 7) is 0.539. The number of carboxylic acid groups (broad SMARTS) is 1. The molecule has 0 aliphatic carbocycles. The van der Waals surface area contributed by atoms with Gasteiger partial charge in [0.2, 0.25) is 0 Å². The van der Waals surface area contributed by atoms with Crippen molar-refractivity contribution in [3.8, 4) is 23.0 Å². The fraction of sp³-hybridized carbons (Fsp3) is 0.115. The molecule has 0 amide bonds. The van der Waals surface area contributed by atoms with Gasteiger partial charge in [0.1, 0.15) is 11.4 Å². The van der Waals surface area contributed by atoms with Crippen molar-refractivity contribution in [1.29, 1.82) is 0 Å². The number of nitrogens with zero attached hydrogens (tertiary/aromatic N) is 5. The monoisotopic (exact) mass is 488 g/mol. The maximum atomic E-state index is 11.5. The number of ether oxygens (including phenoxy) is 2. The molecule has 1 N–H and O–H groups in total. The van der Waals surface area contributed by atoms with Crippen molar-refractivity contribution in [2.45, 2.75) is 6.54 Å². The topological polar surface area (TPSA) is 127 Å². The first-order valence-corrected chi connectivity index (χ1v) is 11.0. The van der Waals surface area contributed by atoms with Crippen LogP contribution in [0.25, 0.3) is 22.4 Å². The molecular weight excluding hydrogens is 467 g/mol. The van der Waals surface area contributed by atoms with E-state index in [2.05, 4.69) is 20.3 Å². The summed E-state index contributed by atoms with van der Waals surface area (Å²) < 4.78 is 12.5. The number of para-hydroxylation sites is 1. The number of aromatic carboxylic acids is 1. The van der Waals surface area contributed by atoms with Gasteiger partial charge in [-0.1, -0.05) is 30.3 Å². The average molecular weight is 488 g/mol. The second kappa shape index (κ2) is 11.1. The summed E-state index contributed by atoms with van der Waals surface area (Å²) in [7, 11) is 3.11. The van der Waals surface area contributed by atoms with E-state index in [1.807, 2.05) is 53.2 Å². The molecule has 0 bridgehead atoms. The van der Waals surface area contributed by atoms with Crippen molar-refractivity contribution >= 4 is 28.4 Å². The summed E-state index contributed by atoms with van der Waals surface area (Å²) in [5.74, 6) is 0.397. The number of anilines is 2. The minimum Gasteiger partial charge on any atom is -0.545 e. The normalized spacial score (nSPS) is 10.5. The Kier molecular flexibility index (Phi) is 7.72. The smallest absolute Gasteiger partial charge is 0.545 e. The van der Waals surface area contributed by atoms with Crippen molar-refractivity contribution in [2.75, 3.05) is 19.5 Å². The number of nitrogens with one attached hydrogen (secondary N) is 1. The predicted octanol–water partition coefficient (Wildman–Crippen LogP) is 0.0649. The van der Waals surface area contributed by atoms with Gasteiger partial charge in [0.25, 0.3) is 0 Å². The first-order valence-electron chi connectivity index (χ1n) is 11.0. The van der Waals surface area contributed by atoms with E-state index in [0.29, 0.717) is 23.8 Å². The number of rotatable bonds is 8. The van der Waals surface area contributed by atoms with E-state index >= 15 is 0 Å². The minimum atomic E-state index is -1.36. The van der Waals surface area contributed by atoms with E-state index in [0.717, 1.165) is 22.2 Å². The summed E-state index contributed by atoms with van der Waals surface area (Å²) in [5.41, 5.74) is 2.73. The molecule has 0 aliphatic heterocycles. The molecule has 3 aromatic heterocycles. The third-order valence-electron chi connectivity index (χ3n) is 5.63. The SMILES string of the molecule is COc1ccc(Cn2nc(-c3ncc(OC)c(Nc4ccncc4C(=O)[O-])n3)c3ccccc32)cc1.[Li+]. The summed E-state index contributed by atoms with van der Waals surface area (Å²) in [5, 5.41) is 20.2. The van der Waals surface area contributed by atoms with Gasteiger partial charge in [0, 0.05) is 23.3 Å². The van der Waals surface area contributed by atoms with Gasteiger partial charge in [-0.15, -0.1) is 0 Å². The molecule has 0 saturated heterocycles. The molecule has 180 valence electrons. The minimum absolute atomic E-state index is 0. The zero-order valence-corrected chi connectivity index (χ0v) is 20.5. The Morgan fingerprint density at radius 3 is 2.54 bits per heavy atom. The van der Waals surface area contributed by atoms with Crippen molar-refractivity contribution in [1.82, 2.24) is 24.7 Å². The van der Waals surface area contributed by atoms with Gasteiger partial charge in [0.15, 0.2) is 17.4 Å². The Morgan fingerprint density at radius 1 is 1.03 bits per heavy atom. The Bertz CT molecular complexity index is 1560. The van der Waals surface area contributed by atoms with Crippen LogP contribution in [-0.2, 0) is 6.54 Å². The molecule has 0 unspecified atom stereocenters. The Hall–Kier alpha value is -4.39. The second-order valence-electron chi connectivity index (χ2n) is 7.82. The van der Waals surface area contributed by atoms with Crippen molar-refractivity contribution in [3.05, 3.63) is 84.3 Å². The van der Waals surface area contributed by atoms with E-state index in [1.165, 1.54) is 31.8 Å². The molecule has 0 spiro atoms. The number of hydrogen-bond acceptors (Lipinski definition) is 9. The van der Waals surface area contributed by atoms with Crippen LogP contribution in [0.2, 0.25) is 0 Å². The van der Waals surface area contributed by atoms with E-state index in [-0.39, 0.29) is 35.9 Å². The largest absolute Gasteiger partial charge is 1.00 e. The summed E-state index contributed by atoms with van der Waals surface area (Å²) >= 11 is 0. The number of hydrogen-bond donors (Lipinski definition) is 1. The number of pyridine rings is 1. The van der Waals surface area contributed by atoms with Gasteiger partial charge in [-0.25, -0.2) is 9.97 Å². The van der Waals surface area contributed by atoms with Gasteiger partial charge in [-0.2, -0.15) is 5.10 Å². The summed E-state index contributed by atoms with van der Waals surface area (Å²) in [4.78, 5) is 24.5. The van der Waals surface area contributed by atoms with E-state index < -0.39 is 5.97 Å². The molecule has 11 heteroatoms. The van der Waals surface area contributed by atoms with Gasteiger partial charge in [-0.3, -0.25) is 9.67 Å². The third-order valence-corrected chi connectivity index (χ3v) is 5.63. The quantitative estimate of drug-likeness (QED) is 0.302. The first kappa shape index (κ1) is 25.7. The van der Waals surface area contributed by atoms with Gasteiger partial charge in [-0.05, 0) is 29.8 Å². The Balaban J connectivity index is 0.00000320. The number of carbonyl (C=O) groups is 1. The number of fused-ring (bicyclic) bond motifs is 1. The molecule has 0 fully saturated rings. The maximum absolute atomic E-state index is 11.5. The molecule has 10 nitrogen and oxygen atoms in total. The van der Waals surface area contributed by atoms with Crippen LogP contribution in [0.1, 0.15) is 15.9 Å². The van der Waals surface area contributed by atoms with Gasteiger partial charge < -0.3 is 24.7 Å². The molecule has 0 atom stereocenters. The molecule has 37 heavy (non-hydrogen) atoms. The Morgan fingerprint density at radius 2 is 1.81 bits per heavy atom. The van der Waals surface area contributed by atoms with Crippen LogP contribution >= 0.6 is 0 Å². The second-order valence-corrected chi connectivity index (χ2v) is 7.82. The number of methoxy groups -OCH3 is 2. The molecular formula is C26H21LiN6O4. The Labute approximate surface area is 224 Å². The molecule has 0 saturated carbocycles. The number of carbonyl (C=O) groups excluding carboxylic acids is 1. The maximum Gasteiger partial charge on any atom is 1.00 e. The molecule has 5 aromatic rings. The molecule has 0 aliphatic rings. The fourth-order valence-electron chi connectivity index (χ4n) is 3.83. The third kappa shape index (κ3) is 5.26. The van der Waals surface area contributed by atoms with Crippen LogP contribution in [0, 0.1) is 0 Å². The van der Waals surface area contributed by atoms with Gasteiger partial charge in [0.05, 0.1) is 44.1 Å². The molecule has 3 heterocycles. The van der Waals surface area contributed by atoms with Gasteiger partial charge >= 0.3 is 18.9 Å². The predicted molar refractivity (Wildman–Crippen MR) is 131 cm³/mol. The van der Waals surface area contributed by atoms with Crippen LogP contribution in [0.3, 0.4) is 0 Å². The number of carboxylic acids is 1. The summed E-state index contributed by atoms with van der Waals surface area (Å²) in [6, 6.07) is 17.1.